The van der Waals surface area contributed by atoms with Crippen molar-refractivity contribution >= 4 is 5.78 Å². The van der Waals surface area contributed by atoms with Crippen LogP contribution in [0.3, 0.4) is 0 Å². The molecule has 0 heterocycles. The molecular formula is C13H26O. The third-order valence-corrected chi connectivity index (χ3v) is 3.15. The quantitative estimate of drug-likeness (QED) is 0.530. The molecule has 0 amide bonds. The van der Waals surface area contributed by atoms with Crippen LogP contribution in [-0.4, -0.2) is 5.78 Å². The summed E-state index contributed by atoms with van der Waals surface area (Å²) in [5, 5.41) is 0. The summed E-state index contributed by atoms with van der Waals surface area (Å²) in [4.78, 5) is 11.7. The van der Waals surface area contributed by atoms with Crippen LogP contribution in [0.5, 0.6) is 0 Å². The largest absolute Gasteiger partial charge is 0.299 e. The first-order chi connectivity index (χ1) is 6.54. The average molecular weight is 198 g/mol. The first-order valence-corrected chi connectivity index (χ1v) is 6.08. The van der Waals surface area contributed by atoms with Gasteiger partial charge in [-0.3, -0.25) is 4.79 Å². The van der Waals surface area contributed by atoms with Gasteiger partial charge in [0.1, 0.15) is 5.78 Å². The first-order valence-electron chi connectivity index (χ1n) is 6.08. The van der Waals surface area contributed by atoms with Gasteiger partial charge in [0.25, 0.3) is 0 Å². The Balaban J connectivity index is 3.54. The summed E-state index contributed by atoms with van der Waals surface area (Å²) < 4.78 is 0. The van der Waals surface area contributed by atoms with E-state index in [1.807, 2.05) is 0 Å². The van der Waals surface area contributed by atoms with Crippen LogP contribution in [0.2, 0.25) is 0 Å². The van der Waals surface area contributed by atoms with Gasteiger partial charge in [-0.15, -0.1) is 0 Å². The highest BCUT2D eigenvalue weighted by Crippen LogP contribution is 2.23. The molecule has 0 unspecified atom stereocenters. The minimum absolute atomic E-state index is 0.0925. The fraction of sp³-hybridized carbons (Fsp3) is 0.923. The summed E-state index contributed by atoms with van der Waals surface area (Å²) >= 11 is 0. The van der Waals surface area contributed by atoms with Crippen LogP contribution in [0.15, 0.2) is 0 Å². The van der Waals surface area contributed by atoms with E-state index in [-0.39, 0.29) is 5.41 Å². The van der Waals surface area contributed by atoms with Crippen LogP contribution >= 0.6 is 0 Å². The number of carbonyl (C=O) groups excluding carboxylic acids is 1. The second-order valence-electron chi connectivity index (χ2n) is 4.82. The van der Waals surface area contributed by atoms with E-state index in [0.717, 1.165) is 19.3 Å². The molecule has 0 fully saturated rings. The summed E-state index contributed by atoms with van der Waals surface area (Å²) in [7, 11) is 0. The minimum Gasteiger partial charge on any atom is -0.299 e. The molecule has 0 saturated carbocycles. The first kappa shape index (κ1) is 13.7. The maximum absolute atomic E-state index is 11.7. The zero-order chi connectivity index (χ0) is 11.0. The lowest BCUT2D eigenvalue weighted by Crippen LogP contribution is -2.22. The molecule has 1 nitrogen and oxygen atoms in total. The van der Waals surface area contributed by atoms with Crippen molar-refractivity contribution in [2.24, 2.45) is 5.41 Å². The summed E-state index contributed by atoms with van der Waals surface area (Å²) in [5.74, 6) is 0.441. The van der Waals surface area contributed by atoms with Crippen molar-refractivity contribution < 1.29 is 4.79 Å². The topological polar surface area (TPSA) is 17.1 Å². The molecule has 0 aromatic rings. The van der Waals surface area contributed by atoms with Crippen LogP contribution in [0, 0.1) is 5.41 Å². The summed E-state index contributed by atoms with van der Waals surface area (Å²) in [6, 6.07) is 0. The number of Topliss-reactive ketones (excluding diaryl/α,β-unsaturated/α-hetero) is 1. The third kappa shape index (κ3) is 5.41. The molecule has 0 aromatic heterocycles. The van der Waals surface area contributed by atoms with Gasteiger partial charge in [-0.25, -0.2) is 0 Å². The fourth-order valence-corrected chi connectivity index (χ4v) is 1.42. The number of hydrogen-bond acceptors (Lipinski definition) is 1. The zero-order valence-electron chi connectivity index (χ0n) is 10.4. The highest BCUT2D eigenvalue weighted by Gasteiger charge is 2.23. The van der Waals surface area contributed by atoms with E-state index in [9.17, 15) is 4.79 Å². The van der Waals surface area contributed by atoms with Crippen LogP contribution < -0.4 is 0 Å². The highest BCUT2D eigenvalue weighted by atomic mass is 16.1. The van der Waals surface area contributed by atoms with Gasteiger partial charge in [0.2, 0.25) is 0 Å². The van der Waals surface area contributed by atoms with Gasteiger partial charge in [-0.1, -0.05) is 53.4 Å². The van der Waals surface area contributed by atoms with Crippen LogP contribution in [0.4, 0.5) is 0 Å². The monoisotopic (exact) mass is 198 g/mol. The Kier molecular flexibility index (Phi) is 6.86. The highest BCUT2D eigenvalue weighted by molar-refractivity contribution is 5.83. The van der Waals surface area contributed by atoms with Gasteiger partial charge in [0, 0.05) is 11.8 Å². The number of unbranched alkanes of at least 4 members (excludes halogenated alkanes) is 4. The van der Waals surface area contributed by atoms with Crippen LogP contribution in [0.25, 0.3) is 0 Å². The van der Waals surface area contributed by atoms with Gasteiger partial charge in [-0.05, 0) is 12.8 Å². The van der Waals surface area contributed by atoms with E-state index < -0.39 is 0 Å². The molecule has 0 rings (SSSR count). The lowest BCUT2D eigenvalue weighted by atomic mass is 9.83. The maximum atomic E-state index is 11.7. The molecule has 0 atom stereocenters. The number of carbonyl (C=O) groups is 1. The molecule has 0 aromatic carbocycles. The molecule has 0 spiro atoms. The normalized spacial score (nSPS) is 11.7. The molecule has 0 bridgehead atoms. The Morgan fingerprint density at radius 1 is 1.00 bits per heavy atom. The van der Waals surface area contributed by atoms with E-state index in [1.54, 1.807) is 0 Å². The van der Waals surface area contributed by atoms with Crippen molar-refractivity contribution in [2.45, 2.75) is 72.6 Å². The Labute approximate surface area is 89.3 Å². The molecule has 0 aliphatic rings. The summed E-state index contributed by atoms with van der Waals surface area (Å²) in [6.07, 6.45) is 7.92. The van der Waals surface area contributed by atoms with Crippen LogP contribution in [-0.2, 0) is 4.79 Å². The Morgan fingerprint density at radius 3 is 2.07 bits per heavy atom. The molecule has 0 saturated heterocycles. The average Bonchev–Trinajstić information content (AvgIpc) is 2.17. The number of rotatable bonds is 8. The second kappa shape index (κ2) is 7.03. The van der Waals surface area contributed by atoms with Crippen molar-refractivity contribution in [2.75, 3.05) is 0 Å². The third-order valence-electron chi connectivity index (χ3n) is 3.15. The second-order valence-corrected chi connectivity index (χ2v) is 4.82. The van der Waals surface area contributed by atoms with Crippen molar-refractivity contribution in [1.82, 2.24) is 0 Å². The van der Waals surface area contributed by atoms with E-state index in [0.29, 0.717) is 5.78 Å². The zero-order valence-corrected chi connectivity index (χ0v) is 10.4. The molecular weight excluding hydrogens is 172 g/mol. The number of ketones is 1. The predicted octanol–water partition coefficient (Wildman–Crippen LogP) is 4.35. The lowest BCUT2D eigenvalue weighted by Gasteiger charge is -2.20. The van der Waals surface area contributed by atoms with Gasteiger partial charge in [0.05, 0.1) is 0 Å². The predicted molar refractivity (Wildman–Crippen MR) is 62.5 cm³/mol. The van der Waals surface area contributed by atoms with Gasteiger partial charge in [0.15, 0.2) is 0 Å². The lowest BCUT2D eigenvalue weighted by molar-refractivity contribution is -0.127. The Bertz CT molecular complexity index is 159. The molecule has 0 aliphatic heterocycles. The number of hydrogen-bond donors (Lipinski definition) is 0. The van der Waals surface area contributed by atoms with Crippen molar-refractivity contribution in [3.8, 4) is 0 Å². The smallest absolute Gasteiger partial charge is 0.138 e. The SMILES string of the molecule is CCCCCCCC(=O)C(C)(C)CC. The standard InChI is InChI=1S/C13H26O/c1-5-7-8-9-10-11-12(14)13(3,4)6-2/h5-11H2,1-4H3. The maximum Gasteiger partial charge on any atom is 0.138 e. The van der Waals surface area contributed by atoms with E-state index in [4.69, 9.17) is 0 Å². The van der Waals surface area contributed by atoms with Crippen LogP contribution in [0.1, 0.15) is 72.6 Å². The molecule has 1 heteroatoms. The Hall–Kier alpha value is -0.330. The molecule has 0 radical (unpaired) electrons. The van der Waals surface area contributed by atoms with Crippen molar-refractivity contribution in [3.63, 3.8) is 0 Å². The summed E-state index contributed by atoms with van der Waals surface area (Å²) in [5.41, 5.74) is -0.0925. The van der Waals surface area contributed by atoms with Crippen molar-refractivity contribution in [3.05, 3.63) is 0 Å². The summed E-state index contributed by atoms with van der Waals surface area (Å²) in [6.45, 7) is 8.42. The van der Waals surface area contributed by atoms with Gasteiger partial charge in [-0.2, -0.15) is 0 Å². The molecule has 0 N–H and O–H groups in total. The van der Waals surface area contributed by atoms with E-state index in [1.165, 1.54) is 25.7 Å². The minimum atomic E-state index is -0.0925. The van der Waals surface area contributed by atoms with Crippen molar-refractivity contribution in [1.29, 1.82) is 0 Å². The van der Waals surface area contributed by atoms with E-state index in [2.05, 4.69) is 27.7 Å². The van der Waals surface area contributed by atoms with Gasteiger partial charge < -0.3 is 0 Å². The van der Waals surface area contributed by atoms with Gasteiger partial charge >= 0.3 is 0 Å². The Morgan fingerprint density at radius 2 is 1.57 bits per heavy atom. The van der Waals surface area contributed by atoms with E-state index >= 15 is 0 Å². The fourth-order valence-electron chi connectivity index (χ4n) is 1.42. The molecule has 14 heavy (non-hydrogen) atoms. The molecule has 0 aliphatic carbocycles. The molecule has 84 valence electrons.